The van der Waals surface area contributed by atoms with E-state index in [0.717, 1.165) is 44.6 Å². The van der Waals surface area contributed by atoms with Gasteiger partial charge in [0.25, 0.3) is 0 Å². The third-order valence-electron chi connectivity index (χ3n) is 9.03. The summed E-state index contributed by atoms with van der Waals surface area (Å²) in [4.78, 5) is 2.32. The van der Waals surface area contributed by atoms with Gasteiger partial charge in [-0.2, -0.15) is 0 Å². The van der Waals surface area contributed by atoms with E-state index in [2.05, 4.69) is 181 Å². The summed E-state index contributed by atoms with van der Waals surface area (Å²) in [5.41, 5.74) is 9.80. The van der Waals surface area contributed by atoms with Crippen LogP contribution in [0.2, 0.25) is 0 Å². The average molecular weight is 588 g/mol. The molecule has 0 amide bonds. The largest absolute Gasteiger partial charge is 0.455 e. The van der Waals surface area contributed by atoms with Crippen molar-refractivity contribution in [2.75, 3.05) is 4.90 Å². The summed E-state index contributed by atoms with van der Waals surface area (Å²) in [6.45, 7) is 0. The zero-order chi connectivity index (χ0) is 30.5. The van der Waals surface area contributed by atoms with Gasteiger partial charge in [-0.1, -0.05) is 127 Å². The number of furan rings is 1. The number of hydrogen-bond acceptors (Lipinski definition) is 2. The number of benzene rings is 8. The van der Waals surface area contributed by atoms with Gasteiger partial charge in [0.05, 0.1) is 0 Å². The Labute approximate surface area is 267 Å². The Morgan fingerprint density at radius 1 is 0.370 bits per heavy atom. The Bertz CT molecular complexity index is 2510. The molecule has 0 unspecified atom stereocenters. The molecule has 0 bridgehead atoms. The van der Waals surface area contributed by atoms with Crippen LogP contribution < -0.4 is 4.90 Å². The molecule has 1 heterocycles. The molecule has 0 radical (unpaired) electrons. The highest BCUT2D eigenvalue weighted by Gasteiger charge is 2.20. The second-order valence-corrected chi connectivity index (χ2v) is 11.7. The molecule has 0 saturated carbocycles. The number of rotatable bonds is 5. The van der Waals surface area contributed by atoms with Gasteiger partial charge in [0.2, 0.25) is 0 Å². The molecule has 1 aromatic heterocycles. The molecule has 0 saturated heterocycles. The van der Waals surface area contributed by atoms with E-state index in [4.69, 9.17) is 4.42 Å². The maximum atomic E-state index is 6.79. The molecule has 0 atom stereocenters. The number of anilines is 3. The summed E-state index contributed by atoms with van der Waals surface area (Å²) in [5, 5.41) is 7.04. The maximum Gasteiger partial charge on any atom is 0.143 e. The fourth-order valence-corrected chi connectivity index (χ4v) is 6.87. The Hall–Kier alpha value is -6.12. The third kappa shape index (κ3) is 4.35. The van der Waals surface area contributed by atoms with Gasteiger partial charge in [-0.3, -0.25) is 0 Å². The van der Waals surface area contributed by atoms with Gasteiger partial charge in [0.1, 0.15) is 11.2 Å². The first-order valence-corrected chi connectivity index (χ1v) is 15.7. The van der Waals surface area contributed by atoms with Crippen molar-refractivity contribution in [3.8, 4) is 22.3 Å². The van der Waals surface area contributed by atoms with Crippen LogP contribution in [0.4, 0.5) is 17.1 Å². The zero-order valence-corrected chi connectivity index (χ0v) is 25.1. The minimum Gasteiger partial charge on any atom is -0.455 e. The summed E-state index contributed by atoms with van der Waals surface area (Å²) in [6.07, 6.45) is 0. The van der Waals surface area contributed by atoms with Crippen molar-refractivity contribution in [1.29, 1.82) is 0 Å². The predicted molar refractivity (Wildman–Crippen MR) is 194 cm³/mol. The maximum absolute atomic E-state index is 6.79. The molecule has 0 fully saturated rings. The Morgan fingerprint density at radius 2 is 0.978 bits per heavy atom. The smallest absolute Gasteiger partial charge is 0.143 e. The summed E-state index contributed by atoms with van der Waals surface area (Å²) in [6, 6.07) is 62.6. The average Bonchev–Trinajstić information content (AvgIpc) is 3.49. The van der Waals surface area contributed by atoms with E-state index < -0.39 is 0 Å². The minimum atomic E-state index is 0.878. The number of hydrogen-bond donors (Lipinski definition) is 0. The standard InChI is InChI=1S/C44H29NO/c1-3-12-30(13-4-1)31-22-24-35(25-23-31)45(34-17-5-2-6-18-34)36-26-27-42-40(29-36)41-28-33-15-8-10-20-38(33)43(44(41)46-42)39-21-11-16-32-14-7-9-19-37(32)39/h1-29H. The molecule has 2 heteroatoms. The van der Waals surface area contributed by atoms with Crippen molar-refractivity contribution < 1.29 is 4.42 Å². The van der Waals surface area contributed by atoms with Crippen molar-refractivity contribution in [2.45, 2.75) is 0 Å². The van der Waals surface area contributed by atoms with Crippen LogP contribution in [0.15, 0.2) is 180 Å². The van der Waals surface area contributed by atoms with Crippen LogP contribution in [0.3, 0.4) is 0 Å². The molecule has 0 spiro atoms. The summed E-state index contributed by atoms with van der Waals surface area (Å²) in [5.74, 6) is 0. The van der Waals surface area contributed by atoms with Gasteiger partial charge in [-0.15, -0.1) is 0 Å². The van der Waals surface area contributed by atoms with E-state index >= 15 is 0 Å². The molecule has 9 rings (SSSR count). The molecular formula is C44H29NO. The Kier molecular flexibility index (Phi) is 6.17. The van der Waals surface area contributed by atoms with E-state index in [1.54, 1.807) is 0 Å². The van der Waals surface area contributed by atoms with Crippen LogP contribution in [0.5, 0.6) is 0 Å². The molecule has 8 aromatic carbocycles. The molecule has 0 aliphatic heterocycles. The lowest BCUT2D eigenvalue weighted by atomic mass is 9.92. The van der Waals surface area contributed by atoms with Gasteiger partial charge in [-0.05, 0) is 86.8 Å². The summed E-state index contributed by atoms with van der Waals surface area (Å²) < 4.78 is 6.79. The van der Waals surface area contributed by atoms with Gasteiger partial charge < -0.3 is 9.32 Å². The van der Waals surface area contributed by atoms with Gasteiger partial charge in [0, 0.05) is 33.4 Å². The van der Waals surface area contributed by atoms with Crippen LogP contribution in [-0.2, 0) is 0 Å². The predicted octanol–water partition coefficient (Wildman–Crippen LogP) is 12.7. The fraction of sp³-hybridized carbons (Fsp3) is 0. The Morgan fingerprint density at radius 3 is 1.78 bits per heavy atom. The Balaban J connectivity index is 1.26. The van der Waals surface area contributed by atoms with Crippen LogP contribution in [0.1, 0.15) is 0 Å². The van der Waals surface area contributed by atoms with Crippen molar-refractivity contribution in [3.63, 3.8) is 0 Å². The first-order chi connectivity index (χ1) is 22.8. The SMILES string of the molecule is c1ccc(-c2ccc(N(c3ccccc3)c3ccc4oc5c(-c6cccc7ccccc67)c6ccccc6cc5c4c3)cc2)cc1. The lowest BCUT2D eigenvalue weighted by molar-refractivity contribution is 0.670. The van der Waals surface area contributed by atoms with E-state index in [9.17, 15) is 0 Å². The van der Waals surface area contributed by atoms with Crippen LogP contribution in [0.25, 0.3) is 65.7 Å². The fourth-order valence-electron chi connectivity index (χ4n) is 6.87. The number of fused-ring (bicyclic) bond motifs is 5. The van der Waals surface area contributed by atoms with Gasteiger partial charge in [0.15, 0.2) is 0 Å². The normalized spacial score (nSPS) is 11.5. The monoisotopic (exact) mass is 587 g/mol. The van der Waals surface area contributed by atoms with Gasteiger partial charge in [-0.25, -0.2) is 0 Å². The van der Waals surface area contributed by atoms with E-state index in [-0.39, 0.29) is 0 Å². The minimum absolute atomic E-state index is 0.878. The van der Waals surface area contributed by atoms with Crippen molar-refractivity contribution in [2.24, 2.45) is 0 Å². The molecule has 216 valence electrons. The first kappa shape index (κ1) is 26.3. The number of nitrogens with zero attached hydrogens (tertiary/aromatic N) is 1. The zero-order valence-electron chi connectivity index (χ0n) is 25.1. The van der Waals surface area contributed by atoms with Crippen LogP contribution in [-0.4, -0.2) is 0 Å². The van der Waals surface area contributed by atoms with Crippen molar-refractivity contribution in [3.05, 3.63) is 176 Å². The van der Waals surface area contributed by atoms with Crippen LogP contribution in [0, 0.1) is 0 Å². The lowest BCUT2D eigenvalue weighted by Gasteiger charge is -2.25. The topological polar surface area (TPSA) is 16.4 Å². The van der Waals surface area contributed by atoms with Crippen LogP contribution >= 0.6 is 0 Å². The lowest BCUT2D eigenvalue weighted by Crippen LogP contribution is -2.09. The highest BCUT2D eigenvalue weighted by molar-refractivity contribution is 6.21. The molecule has 2 nitrogen and oxygen atoms in total. The molecule has 9 aromatic rings. The summed E-state index contributed by atoms with van der Waals surface area (Å²) >= 11 is 0. The highest BCUT2D eigenvalue weighted by atomic mass is 16.3. The second kappa shape index (κ2) is 10.8. The first-order valence-electron chi connectivity index (χ1n) is 15.7. The molecule has 0 aliphatic carbocycles. The molecule has 0 aliphatic rings. The van der Waals surface area contributed by atoms with E-state index in [1.807, 2.05) is 0 Å². The van der Waals surface area contributed by atoms with Crippen molar-refractivity contribution in [1.82, 2.24) is 0 Å². The third-order valence-corrected chi connectivity index (χ3v) is 9.03. The van der Waals surface area contributed by atoms with Crippen molar-refractivity contribution >= 4 is 60.5 Å². The quantitative estimate of drug-likeness (QED) is 0.199. The highest BCUT2D eigenvalue weighted by Crippen LogP contribution is 2.45. The molecular weight excluding hydrogens is 558 g/mol. The second-order valence-electron chi connectivity index (χ2n) is 11.7. The molecule has 46 heavy (non-hydrogen) atoms. The molecule has 0 N–H and O–H groups in total. The summed E-state index contributed by atoms with van der Waals surface area (Å²) in [7, 11) is 0. The van der Waals surface area contributed by atoms with Gasteiger partial charge >= 0.3 is 0 Å². The van der Waals surface area contributed by atoms with E-state index in [1.165, 1.54) is 38.2 Å². The number of para-hydroxylation sites is 1. The van der Waals surface area contributed by atoms with E-state index in [0.29, 0.717) is 0 Å².